The molecule has 0 aliphatic carbocycles. The highest BCUT2D eigenvalue weighted by Gasteiger charge is 2.26. The Labute approximate surface area is 114 Å². The van der Waals surface area contributed by atoms with Gasteiger partial charge in [0, 0.05) is 19.4 Å². The molecule has 1 aromatic rings. The number of rotatable bonds is 5. The number of carbonyl (C=O) groups is 3. The maximum atomic E-state index is 12.0. The fraction of sp³-hybridized carbons (Fsp3) is 0.455. The van der Waals surface area contributed by atoms with Gasteiger partial charge in [-0.15, -0.1) is 11.3 Å². The van der Waals surface area contributed by atoms with Gasteiger partial charge < -0.3 is 15.3 Å². The Hall–Kier alpha value is -1.96. The Morgan fingerprint density at radius 2 is 2.16 bits per heavy atom. The van der Waals surface area contributed by atoms with Crippen molar-refractivity contribution in [1.82, 2.24) is 9.88 Å². The second-order valence-corrected chi connectivity index (χ2v) is 4.76. The standard InChI is InChI=1S/C11H15N3O4S/c1-4-8(10(17)18)14(3)9(16)7-5-19-11(13-7)12-6(2)15/h5,8H,4H2,1-3H3,(H,17,18)(H,12,13,15). The van der Waals surface area contributed by atoms with E-state index in [4.69, 9.17) is 5.11 Å². The summed E-state index contributed by atoms with van der Waals surface area (Å²) >= 11 is 1.11. The van der Waals surface area contributed by atoms with Crippen LogP contribution in [0.25, 0.3) is 0 Å². The molecule has 1 unspecified atom stereocenters. The van der Waals surface area contributed by atoms with Crippen LogP contribution in [-0.4, -0.2) is 45.9 Å². The molecule has 1 atom stereocenters. The SMILES string of the molecule is CCC(C(=O)O)N(C)C(=O)c1csc(NC(C)=O)n1. The highest BCUT2D eigenvalue weighted by molar-refractivity contribution is 7.14. The number of carboxylic acid groups (broad SMARTS) is 1. The van der Waals surface area contributed by atoms with E-state index < -0.39 is 17.9 Å². The lowest BCUT2D eigenvalue weighted by molar-refractivity contribution is -0.142. The molecule has 0 saturated heterocycles. The minimum absolute atomic E-state index is 0.121. The number of carbonyl (C=O) groups excluding carboxylic acids is 2. The molecule has 0 radical (unpaired) electrons. The Balaban J connectivity index is 2.84. The Kier molecular flexibility index (Phi) is 4.99. The van der Waals surface area contributed by atoms with E-state index in [-0.39, 0.29) is 11.6 Å². The van der Waals surface area contributed by atoms with Gasteiger partial charge in [-0.2, -0.15) is 0 Å². The van der Waals surface area contributed by atoms with Gasteiger partial charge in [0.15, 0.2) is 5.13 Å². The lowest BCUT2D eigenvalue weighted by Crippen LogP contribution is -2.42. The van der Waals surface area contributed by atoms with Crippen LogP contribution in [-0.2, 0) is 9.59 Å². The summed E-state index contributed by atoms with van der Waals surface area (Å²) in [6.07, 6.45) is 0.306. The molecule has 0 aromatic carbocycles. The van der Waals surface area contributed by atoms with Gasteiger partial charge >= 0.3 is 5.97 Å². The number of likely N-dealkylation sites (N-methyl/N-ethyl adjacent to an activating group) is 1. The van der Waals surface area contributed by atoms with Crippen LogP contribution in [0.3, 0.4) is 0 Å². The maximum Gasteiger partial charge on any atom is 0.326 e. The molecule has 1 rings (SSSR count). The highest BCUT2D eigenvalue weighted by Crippen LogP contribution is 2.17. The summed E-state index contributed by atoms with van der Waals surface area (Å²) in [5.41, 5.74) is 0.121. The van der Waals surface area contributed by atoms with E-state index in [1.54, 1.807) is 6.92 Å². The molecule has 0 bridgehead atoms. The van der Waals surface area contributed by atoms with E-state index in [1.807, 2.05) is 0 Å². The van der Waals surface area contributed by atoms with Crippen LogP contribution in [0.4, 0.5) is 5.13 Å². The number of amides is 2. The number of thiazole rings is 1. The molecule has 7 nitrogen and oxygen atoms in total. The smallest absolute Gasteiger partial charge is 0.326 e. The van der Waals surface area contributed by atoms with Crippen molar-refractivity contribution in [3.05, 3.63) is 11.1 Å². The number of nitrogens with one attached hydrogen (secondary N) is 1. The molecule has 104 valence electrons. The number of anilines is 1. The third-order valence-corrected chi connectivity index (χ3v) is 3.22. The summed E-state index contributed by atoms with van der Waals surface area (Å²) in [5, 5.41) is 13.3. The Bertz CT molecular complexity index is 500. The fourth-order valence-corrected chi connectivity index (χ4v) is 2.25. The van der Waals surface area contributed by atoms with Gasteiger partial charge in [0.05, 0.1) is 0 Å². The Morgan fingerprint density at radius 1 is 1.53 bits per heavy atom. The van der Waals surface area contributed by atoms with Gasteiger partial charge in [0.1, 0.15) is 11.7 Å². The number of aliphatic carboxylic acids is 1. The molecule has 1 aromatic heterocycles. The first-order chi connectivity index (χ1) is 8.86. The van der Waals surface area contributed by atoms with Crippen molar-refractivity contribution in [1.29, 1.82) is 0 Å². The first-order valence-electron chi connectivity index (χ1n) is 5.59. The number of aromatic nitrogens is 1. The molecule has 8 heteroatoms. The molecule has 0 fully saturated rings. The summed E-state index contributed by atoms with van der Waals surface area (Å²) < 4.78 is 0. The van der Waals surface area contributed by atoms with Crippen LogP contribution in [0, 0.1) is 0 Å². The molecule has 0 spiro atoms. The number of hydrogen-bond donors (Lipinski definition) is 2. The number of nitrogens with zero attached hydrogens (tertiary/aromatic N) is 2. The second-order valence-electron chi connectivity index (χ2n) is 3.90. The number of carboxylic acids is 1. The van der Waals surface area contributed by atoms with E-state index >= 15 is 0 Å². The van der Waals surface area contributed by atoms with Crippen LogP contribution in [0.15, 0.2) is 5.38 Å². The predicted octanol–water partition coefficient (Wildman–Crippen LogP) is 1.04. The topological polar surface area (TPSA) is 99.6 Å². The van der Waals surface area contributed by atoms with Crippen molar-refractivity contribution in [2.45, 2.75) is 26.3 Å². The molecule has 0 saturated carbocycles. The third kappa shape index (κ3) is 3.75. The monoisotopic (exact) mass is 285 g/mol. The minimum atomic E-state index is -1.06. The van der Waals surface area contributed by atoms with Gasteiger partial charge in [-0.05, 0) is 6.42 Å². The van der Waals surface area contributed by atoms with Crippen molar-refractivity contribution in [3.63, 3.8) is 0 Å². The number of hydrogen-bond acceptors (Lipinski definition) is 5. The fourth-order valence-electron chi connectivity index (χ4n) is 1.52. The summed E-state index contributed by atoms with van der Waals surface area (Å²) in [5.74, 6) is -1.82. The summed E-state index contributed by atoms with van der Waals surface area (Å²) in [6.45, 7) is 3.03. The van der Waals surface area contributed by atoms with E-state index in [9.17, 15) is 14.4 Å². The van der Waals surface area contributed by atoms with E-state index in [0.29, 0.717) is 11.6 Å². The molecular weight excluding hydrogens is 270 g/mol. The highest BCUT2D eigenvalue weighted by atomic mass is 32.1. The van der Waals surface area contributed by atoms with Gasteiger partial charge in [-0.25, -0.2) is 9.78 Å². The molecule has 2 amide bonds. The predicted molar refractivity (Wildman–Crippen MR) is 70.2 cm³/mol. The van der Waals surface area contributed by atoms with Crippen LogP contribution in [0.2, 0.25) is 0 Å². The van der Waals surface area contributed by atoms with Crippen molar-refractivity contribution in [3.8, 4) is 0 Å². The Morgan fingerprint density at radius 3 is 2.63 bits per heavy atom. The zero-order chi connectivity index (χ0) is 14.6. The normalized spacial score (nSPS) is 11.7. The van der Waals surface area contributed by atoms with Crippen LogP contribution >= 0.6 is 11.3 Å². The van der Waals surface area contributed by atoms with Crippen molar-refractivity contribution in [2.75, 3.05) is 12.4 Å². The van der Waals surface area contributed by atoms with E-state index in [0.717, 1.165) is 16.2 Å². The van der Waals surface area contributed by atoms with Crippen LogP contribution in [0.5, 0.6) is 0 Å². The molecule has 0 aliphatic heterocycles. The van der Waals surface area contributed by atoms with Gasteiger partial charge in [-0.3, -0.25) is 9.59 Å². The third-order valence-electron chi connectivity index (χ3n) is 2.47. The van der Waals surface area contributed by atoms with Gasteiger partial charge in [-0.1, -0.05) is 6.92 Å². The molecule has 0 aliphatic rings. The molecule has 2 N–H and O–H groups in total. The van der Waals surface area contributed by atoms with Gasteiger partial charge in [0.25, 0.3) is 5.91 Å². The van der Waals surface area contributed by atoms with Crippen LogP contribution < -0.4 is 5.32 Å². The molecule has 19 heavy (non-hydrogen) atoms. The van der Waals surface area contributed by atoms with Crippen molar-refractivity contribution < 1.29 is 19.5 Å². The average molecular weight is 285 g/mol. The maximum absolute atomic E-state index is 12.0. The molecular formula is C11H15N3O4S. The van der Waals surface area contributed by atoms with Gasteiger partial charge in [0.2, 0.25) is 5.91 Å². The quantitative estimate of drug-likeness (QED) is 0.842. The van der Waals surface area contributed by atoms with Crippen LogP contribution in [0.1, 0.15) is 30.8 Å². The zero-order valence-electron chi connectivity index (χ0n) is 10.8. The summed E-state index contributed by atoms with van der Waals surface area (Å²) in [4.78, 5) is 39.0. The van der Waals surface area contributed by atoms with Crippen molar-refractivity contribution >= 4 is 34.3 Å². The largest absolute Gasteiger partial charge is 0.480 e. The molecule has 1 heterocycles. The minimum Gasteiger partial charge on any atom is -0.480 e. The zero-order valence-corrected chi connectivity index (χ0v) is 11.7. The average Bonchev–Trinajstić information content (AvgIpc) is 2.75. The first kappa shape index (κ1) is 15.1. The first-order valence-corrected chi connectivity index (χ1v) is 6.47. The second kappa shape index (κ2) is 6.28. The lowest BCUT2D eigenvalue weighted by Gasteiger charge is -2.22. The summed E-state index contributed by atoms with van der Waals surface area (Å²) in [7, 11) is 1.42. The van der Waals surface area contributed by atoms with E-state index in [1.165, 1.54) is 19.4 Å². The van der Waals surface area contributed by atoms with Crippen molar-refractivity contribution in [2.24, 2.45) is 0 Å². The summed E-state index contributed by atoms with van der Waals surface area (Å²) in [6, 6.07) is -0.890. The van der Waals surface area contributed by atoms with E-state index in [2.05, 4.69) is 10.3 Å². The lowest BCUT2D eigenvalue weighted by atomic mass is 10.2.